The van der Waals surface area contributed by atoms with E-state index in [0.717, 1.165) is 12.8 Å². The van der Waals surface area contributed by atoms with Crippen LogP contribution in [0.5, 0.6) is 0 Å². The van der Waals surface area contributed by atoms with Crippen LogP contribution in [0.4, 0.5) is 0 Å². The van der Waals surface area contributed by atoms with Crippen molar-refractivity contribution in [3.63, 3.8) is 0 Å². The predicted octanol–water partition coefficient (Wildman–Crippen LogP) is 2.38. The van der Waals surface area contributed by atoms with Crippen molar-refractivity contribution in [3.05, 3.63) is 28.5 Å². The molecule has 0 bridgehead atoms. The maximum atomic E-state index is 11.7. The Kier molecular flexibility index (Phi) is 5.00. The molecule has 0 radical (unpaired) electrons. The molecule has 3 nitrogen and oxygen atoms in total. The quantitative estimate of drug-likeness (QED) is 0.680. The molecule has 1 amide bonds. The molecule has 0 fully saturated rings. The number of aromatic nitrogens is 1. The molecule has 1 heterocycles. The van der Waals surface area contributed by atoms with Gasteiger partial charge < -0.3 is 5.32 Å². The monoisotopic (exact) mass is 280 g/mol. The van der Waals surface area contributed by atoms with E-state index in [9.17, 15) is 4.79 Å². The summed E-state index contributed by atoms with van der Waals surface area (Å²) in [5.41, 5.74) is 0.513. The van der Waals surface area contributed by atoms with Crippen molar-refractivity contribution in [2.45, 2.75) is 25.8 Å². The van der Waals surface area contributed by atoms with Gasteiger partial charge in [-0.1, -0.05) is 19.3 Å². The number of carbonyl (C=O) groups excluding carboxylic acids is 1. The summed E-state index contributed by atoms with van der Waals surface area (Å²) >= 11 is 3.21. The Bertz CT molecular complexity index is 394. The van der Waals surface area contributed by atoms with Crippen LogP contribution in [-0.2, 0) is 0 Å². The highest BCUT2D eigenvalue weighted by Gasteiger charge is 2.10. The number of hydrogen-bond donors (Lipinski definition) is 1. The predicted molar refractivity (Wildman–Crippen MR) is 66.9 cm³/mol. The smallest absolute Gasteiger partial charge is 0.253 e. The van der Waals surface area contributed by atoms with E-state index in [1.807, 2.05) is 6.92 Å². The molecule has 84 valence electrons. The molecule has 0 spiro atoms. The van der Waals surface area contributed by atoms with Gasteiger partial charge in [-0.2, -0.15) is 0 Å². The second-order valence-corrected chi connectivity index (χ2v) is 4.16. The fourth-order valence-corrected chi connectivity index (χ4v) is 1.47. The Labute approximate surface area is 104 Å². The van der Waals surface area contributed by atoms with E-state index < -0.39 is 0 Å². The number of nitrogens with one attached hydrogen (secondary N) is 1. The lowest BCUT2D eigenvalue weighted by molar-refractivity contribution is 0.0944. The third kappa shape index (κ3) is 3.67. The van der Waals surface area contributed by atoms with Crippen LogP contribution in [0.15, 0.2) is 22.9 Å². The lowest BCUT2D eigenvalue weighted by Crippen LogP contribution is -2.33. The minimum Gasteiger partial charge on any atom is -0.338 e. The van der Waals surface area contributed by atoms with Crippen molar-refractivity contribution in [1.29, 1.82) is 0 Å². The molecule has 0 aliphatic carbocycles. The Morgan fingerprint density at radius 1 is 1.69 bits per heavy atom. The van der Waals surface area contributed by atoms with Crippen molar-refractivity contribution in [2.24, 2.45) is 0 Å². The Morgan fingerprint density at radius 3 is 2.94 bits per heavy atom. The molecule has 0 aliphatic heterocycles. The molecular weight excluding hydrogens is 268 g/mol. The number of hydrogen-bond acceptors (Lipinski definition) is 2. The standard InChI is InChI=1S/C12H13BrN2O/c1-3-5-10(4-2)15-12(16)9-6-7-11(13)14-8-9/h2,6-8,10H,3,5H2,1H3,(H,15,16). The molecule has 1 aromatic heterocycles. The molecule has 4 heteroatoms. The molecule has 16 heavy (non-hydrogen) atoms. The van der Waals surface area contributed by atoms with Gasteiger partial charge in [-0.15, -0.1) is 6.42 Å². The third-order valence-electron chi connectivity index (χ3n) is 2.07. The summed E-state index contributed by atoms with van der Waals surface area (Å²) in [6.45, 7) is 2.03. The molecule has 1 unspecified atom stereocenters. The molecule has 1 N–H and O–H groups in total. The number of nitrogens with zero attached hydrogens (tertiary/aromatic N) is 1. The van der Waals surface area contributed by atoms with E-state index in [-0.39, 0.29) is 11.9 Å². The van der Waals surface area contributed by atoms with Gasteiger partial charge in [-0.05, 0) is 34.5 Å². The Balaban J connectivity index is 2.65. The third-order valence-corrected chi connectivity index (χ3v) is 2.54. The summed E-state index contributed by atoms with van der Waals surface area (Å²) in [5.74, 6) is 2.37. The van der Waals surface area contributed by atoms with Crippen LogP contribution < -0.4 is 5.32 Å². The van der Waals surface area contributed by atoms with Gasteiger partial charge in [-0.25, -0.2) is 4.98 Å². The lowest BCUT2D eigenvalue weighted by atomic mass is 10.1. The topological polar surface area (TPSA) is 42.0 Å². The first-order valence-electron chi connectivity index (χ1n) is 5.06. The normalized spacial score (nSPS) is 11.6. The van der Waals surface area contributed by atoms with Crippen molar-refractivity contribution in [2.75, 3.05) is 0 Å². The number of halogens is 1. The van der Waals surface area contributed by atoms with Crippen LogP contribution in [0.25, 0.3) is 0 Å². The van der Waals surface area contributed by atoms with E-state index >= 15 is 0 Å². The summed E-state index contributed by atoms with van der Waals surface area (Å²) in [5, 5.41) is 2.77. The van der Waals surface area contributed by atoms with Crippen LogP contribution in [0.3, 0.4) is 0 Å². The van der Waals surface area contributed by atoms with Gasteiger partial charge in [0.15, 0.2) is 0 Å². The van der Waals surface area contributed by atoms with Gasteiger partial charge in [0.25, 0.3) is 5.91 Å². The fraction of sp³-hybridized carbons (Fsp3) is 0.333. The van der Waals surface area contributed by atoms with Crippen molar-refractivity contribution in [3.8, 4) is 12.3 Å². The summed E-state index contributed by atoms with van der Waals surface area (Å²) in [6.07, 6.45) is 8.56. The lowest BCUT2D eigenvalue weighted by Gasteiger charge is -2.11. The number of pyridine rings is 1. The van der Waals surface area contributed by atoms with Crippen molar-refractivity contribution in [1.82, 2.24) is 10.3 Å². The summed E-state index contributed by atoms with van der Waals surface area (Å²) in [4.78, 5) is 15.7. The molecule has 0 saturated carbocycles. The average molecular weight is 281 g/mol. The minimum absolute atomic E-state index is 0.184. The van der Waals surface area contributed by atoms with Crippen LogP contribution in [0.1, 0.15) is 30.1 Å². The summed E-state index contributed by atoms with van der Waals surface area (Å²) in [7, 11) is 0. The first kappa shape index (κ1) is 12.7. The van der Waals surface area contributed by atoms with Crippen LogP contribution >= 0.6 is 15.9 Å². The molecule has 0 aliphatic rings. The maximum Gasteiger partial charge on any atom is 0.253 e. The van der Waals surface area contributed by atoms with Crippen LogP contribution in [0.2, 0.25) is 0 Å². The van der Waals surface area contributed by atoms with Gasteiger partial charge >= 0.3 is 0 Å². The second kappa shape index (κ2) is 6.29. The van der Waals surface area contributed by atoms with Gasteiger partial charge in [0.05, 0.1) is 11.6 Å². The highest BCUT2D eigenvalue weighted by Crippen LogP contribution is 2.06. The minimum atomic E-state index is -0.207. The zero-order valence-corrected chi connectivity index (χ0v) is 10.6. The molecule has 0 aromatic carbocycles. The number of terminal acetylenes is 1. The summed E-state index contributed by atoms with van der Waals surface area (Å²) < 4.78 is 0.700. The highest BCUT2D eigenvalue weighted by molar-refractivity contribution is 9.10. The molecule has 1 atom stereocenters. The SMILES string of the molecule is C#CC(CCC)NC(=O)c1ccc(Br)nc1. The molecule has 1 rings (SSSR count). The van der Waals surface area contributed by atoms with E-state index in [4.69, 9.17) is 6.42 Å². The van der Waals surface area contributed by atoms with E-state index in [0.29, 0.717) is 10.2 Å². The number of amides is 1. The maximum absolute atomic E-state index is 11.7. The second-order valence-electron chi connectivity index (χ2n) is 3.35. The first-order valence-corrected chi connectivity index (χ1v) is 5.85. The molecular formula is C12H13BrN2O. The zero-order valence-electron chi connectivity index (χ0n) is 9.03. The summed E-state index contributed by atoms with van der Waals surface area (Å²) in [6, 6.07) is 3.21. The van der Waals surface area contributed by atoms with E-state index in [2.05, 4.69) is 32.2 Å². The van der Waals surface area contributed by atoms with Crippen LogP contribution in [0, 0.1) is 12.3 Å². The largest absolute Gasteiger partial charge is 0.338 e. The van der Waals surface area contributed by atoms with Crippen molar-refractivity contribution < 1.29 is 4.79 Å². The van der Waals surface area contributed by atoms with Gasteiger partial charge in [0, 0.05) is 6.20 Å². The highest BCUT2D eigenvalue weighted by atomic mass is 79.9. The Morgan fingerprint density at radius 2 is 2.44 bits per heavy atom. The van der Waals surface area contributed by atoms with Crippen molar-refractivity contribution >= 4 is 21.8 Å². The van der Waals surface area contributed by atoms with Gasteiger partial charge in [0.2, 0.25) is 0 Å². The average Bonchev–Trinajstić information content (AvgIpc) is 2.29. The number of rotatable bonds is 4. The Hall–Kier alpha value is -1.34. The van der Waals surface area contributed by atoms with Gasteiger partial charge in [0.1, 0.15) is 4.60 Å². The molecule has 1 aromatic rings. The first-order chi connectivity index (χ1) is 7.67. The van der Waals surface area contributed by atoms with E-state index in [1.165, 1.54) is 6.20 Å². The van der Waals surface area contributed by atoms with Crippen LogP contribution in [-0.4, -0.2) is 16.9 Å². The zero-order chi connectivity index (χ0) is 12.0. The van der Waals surface area contributed by atoms with E-state index in [1.54, 1.807) is 12.1 Å². The number of carbonyl (C=O) groups is 1. The molecule has 0 saturated heterocycles. The van der Waals surface area contributed by atoms with Gasteiger partial charge in [-0.3, -0.25) is 4.79 Å². The fourth-order valence-electron chi connectivity index (χ4n) is 1.24.